The number of hydrogen-bond acceptors (Lipinski definition) is 8. The van der Waals surface area contributed by atoms with Crippen LogP contribution in [0.25, 0.3) is 0 Å². The summed E-state index contributed by atoms with van der Waals surface area (Å²) in [4.78, 5) is 10.8. The van der Waals surface area contributed by atoms with E-state index in [1.165, 1.54) is 39.5 Å². The van der Waals surface area contributed by atoms with Crippen LogP contribution in [0.4, 0.5) is 20.4 Å². The molecule has 0 saturated carbocycles. The Morgan fingerprint density at radius 1 is 1.03 bits per heavy atom. The Hall–Kier alpha value is -3.47. The van der Waals surface area contributed by atoms with Crippen LogP contribution in [0.15, 0.2) is 30.9 Å². The van der Waals surface area contributed by atoms with E-state index in [4.69, 9.17) is 14.2 Å². The Morgan fingerprint density at radius 3 is 2.29 bits per heavy atom. The highest BCUT2D eigenvalue weighted by atomic mass is 19.1. The van der Waals surface area contributed by atoms with E-state index in [1.807, 2.05) is 10.9 Å². The van der Waals surface area contributed by atoms with Crippen molar-refractivity contribution in [2.45, 2.75) is 26.0 Å². The Balaban J connectivity index is 1.34. The lowest BCUT2D eigenvalue weighted by atomic mass is 9.97. The highest BCUT2D eigenvalue weighted by Gasteiger charge is 2.21. The van der Waals surface area contributed by atoms with Crippen LogP contribution in [0.2, 0.25) is 0 Å². The number of hydrogen-bond donors (Lipinski definition) is 1. The molecule has 3 heterocycles. The van der Waals surface area contributed by atoms with Gasteiger partial charge in [0.2, 0.25) is 5.95 Å². The van der Waals surface area contributed by atoms with Crippen molar-refractivity contribution in [2.24, 2.45) is 5.92 Å². The quantitative estimate of drug-likeness (QED) is 0.503. The van der Waals surface area contributed by atoms with Gasteiger partial charge in [-0.1, -0.05) is 0 Å². The molecule has 3 aromatic rings. The van der Waals surface area contributed by atoms with E-state index >= 15 is 0 Å². The molecule has 1 fully saturated rings. The summed E-state index contributed by atoms with van der Waals surface area (Å²) >= 11 is 0. The molecule has 9 nitrogen and oxygen atoms in total. The standard InChI is InChI=1S/C23H28F2N6O3/c1-30-6-4-15(5-7-30)12-31-13-16(9-28-31)29-23-26-10-17(11-27-23)34-14-18-21(24)19(32-2)8-20(33-3)22(18)25/h8-11,13,15H,4-7,12,14H2,1-3H3,(H,26,27,29). The van der Waals surface area contributed by atoms with Gasteiger partial charge >= 0.3 is 0 Å². The molecule has 0 atom stereocenters. The van der Waals surface area contributed by atoms with Gasteiger partial charge in [0.25, 0.3) is 0 Å². The maximum absolute atomic E-state index is 14.5. The van der Waals surface area contributed by atoms with Gasteiger partial charge in [0.1, 0.15) is 6.61 Å². The molecule has 34 heavy (non-hydrogen) atoms. The number of methoxy groups -OCH3 is 2. The van der Waals surface area contributed by atoms with Crippen LogP contribution in [0.3, 0.4) is 0 Å². The van der Waals surface area contributed by atoms with Gasteiger partial charge in [-0.15, -0.1) is 0 Å². The van der Waals surface area contributed by atoms with Crippen LogP contribution in [-0.4, -0.2) is 59.0 Å². The lowest BCUT2D eigenvalue weighted by Gasteiger charge is -2.28. The fourth-order valence-corrected chi connectivity index (χ4v) is 3.84. The number of nitrogens with zero attached hydrogens (tertiary/aromatic N) is 5. The lowest BCUT2D eigenvalue weighted by Crippen LogP contribution is -2.31. The first-order chi connectivity index (χ1) is 16.5. The van der Waals surface area contributed by atoms with E-state index in [0.717, 1.165) is 31.4 Å². The van der Waals surface area contributed by atoms with Gasteiger partial charge in [0, 0.05) is 18.8 Å². The molecule has 0 aliphatic carbocycles. The first-order valence-electron chi connectivity index (χ1n) is 11.0. The van der Waals surface area contributed by atoms with Gasteiger partial charge in [0.05, 0.1) is 44.1 Å². The average molecular weight is 475 g/mol. The van der Waals surface area contributed by atoms with Crippen molar-refractivity contribution in [3.63, 3.8) is 0 Å². The predicted octanol–water partition coefficient (Wildman–Crippen LogP) is 3.63. The first kappa shape index (κ1) is 23.7. The Bertz CT molecular complexity index is 1070. The van der Waals surface area contributed by atoms with Gasteiger partial charge in [-0.3, -0.25) is 4.68 Å². The summed E-state index contributed by atoms with van der Waals surface area (Å²) in [7, 11) is 4.73. The van der Waals surface area contributed by atoms with Crippen molar-refractivity contribution in [3.05, 3.63) is 48.1 Å². The molecule has 1 aliphatic rings. The van der Waals surface area contributed by atoms with E-state index in [-0.39, 0.29) is 29.4 Å². The van der Waals surface area contributed by atoms with E-state index in [1.54, 1.807) is 6.20 Å². The van der Waals surface area contributed by atoms with Crippen molar-refractivity contribution < 1.29 is 23.0 Å². The lowest BCUT2D eigenvalue weighted by molar-refractivity contribution is 0.201. The smallest absolute Gasteiger partial charge is 0.227 e. The first-order valence-corrected chi connectivity index (χ1v) is 11.0. The third-order valence-electron chi connectivity index (χ3n) is 5.85. The summed E-state index contributed by atoms with van der Waals surface area (Å²) in [6, 6.07) is 1.15. The van der Waals surface area contributed by atoms with Crippen LogP contribution in [0.5, 0.6) is 17.2 Å². The Kier molecular flexibility index (Phi) is 7.41. The van der Waals surface area contributed by atoms with Crippen LogP contribution in [0.1, 0.15) is 18.4 Å². The molecule has 0 unspecified atom stereocenters. The number of rotatable bonds is 9. The van der Waals surface area contributed by atoms with Crippen molar-refractivity contribution in [3.8, 4) is 17.2 Å². The average Bonchev–Trinajstić information content (AvgIpc) is 3.28. The zero-order valence-electron chi connectivity index (χ0n) is 19.4. The molecule has 4 rings (SSSR count). The zero-order chi connectivity index (χ0) is 24.1. The second-order valence-electron chi connectivity index (χ2n) is 8.24. The summed E-state index contributed by atoms with van der Waals surface area (Å²) < 4.78 is 46.2. The van der Waals surface area contributed by atoms with Crippen molar-refractivity contribution in [2.75, 3.05) is 39.7 Å². The van der Waals surface area contributed by atoms with Crippen LogP contribution in [0, 0.1) is 17.6 Å². The number of anilines is 2. The summed E-state index contributed by atoms with van der Waals surface area (Å²) in [5.74, 6) is -0.742. The molecule has 1 saturated heterocycles. The van der Waals surface area contributed by atoms with Crippen molar-refractivity contribution in [1.29, 1.82) is 0 Å². The topological polar surface area (TPSA) is 86.6 Å². The molecule has 0 spiro atoms. The fraction of sp³-hybridized carbons (Fsp3) is 0.435. The molecule has 0 amide bonds. The Labute approximate surface area is 196 Å². The summed E-state index contributed by atoms with van der Waals surface area (Å²) in [6.07, 6.45) is 8.83. The van der Waals surface area contributed by atoms with E-state index in [2.05, 4.69) is 32.3 Å². The van der Waals surface area contributed by atoms with E-state index in [0.29, 0.717) is 11.9 Å². The van der Waals surface area contributed by atoms with Crippen LogP contribution >= 0.6 is 0 Å². The predicted molar refractivity (Wildman–Crippen MR) is 122 cm³/mol. The summed E-state index contributed by atoms with van der Waals surface area (Å²) in [6.45, 7) is 2.73. The number of aromatic nitrogens is 4. The van der Waals surface area contributed by atoms with Crippen LogP contribution < -0.4 is 19.5 Å². The molecule has 2 aromatic heterocycles. The molecule has 182 valence electrons. The second kappa shape index (κ2) is 10.6. The molecule has 0 radical (unpaired) electrons. The minimum atomic E-state index is -0.850. The third-order valence-corrected chi connectivity index (χ3v) is 5.85. The van der Waals surface area contributed by atoms with Gasteiger partial charge in [0.15, 0.2) is 28.9 Å². The zero-order valence-corrected chi connectivity index (χ0v) is 19.4. The normalized spacial score (nSPS) is 14.7. The number of piperidine rings is 1. The largest absolute Gasteiger partial charge is 0.494 e. The summed E-state index contributed by atoms with van der Waals surface area (Å²) in [5.41, 5.74) is 0.463. The molecular formula is C23H28F2N6O3. The van der Waals surface area contributed by atoms with Crippen molar-refractivity contribution >= 4 is 11.6 Å². The minimum absolute atomic E-state index is 0.135. The van der Waals surface area contributed by atoms with E-state index < -0.39 is 11.6 Å². The number of ether oxygens (including phenoxy) is 3. The molecule has 1 N–H and O–H groups in total. The van der Waals surface area contributed by atoms with Gasteiger partial charge < -0.3 is 24.4 Å². The maximum atomic E-state index is 14.5. The minimum Gasteiger partial charge on any atom is -0.494 e. The maximum Gasteiger partial charge on any atom is 0.227 e. The molecule has 1 aromatic carbocycles. The Morgan fingerprint density at radius 2 is 1.68 bits per heavy atom. The molecule has 1 aliphatic heterocycles. The van der Waals surface area contributed by atoms with Gasteiger partial charge in [-0.2, -0.15) is 5.10 Å². The van der Waals surface area contributed by atoms with Crippen molar-refractivity contribution in [1.82, 2.24) is 24.6 Å². The van der Waals surface area contributed by atoms with E-state index in [9.17, 15) is 8.78 Å². The fourth-order valence-electron chi connectivity index (χ4n) is 3.84. The highest BCUT2D eigenvalue weighted by molar-refractivity contribution is 5.50. The molecular weight excluding hydrogens is 446 g/mol. The summed E-state index contributed by atoms with van der Waals surface area (Å²) in [5, 5.41) is 7.52. The van der Waals surface area contributed by atoms with Crippen LogP contribution in [-0.2, 0) is 13.2 Å². The number of nitrogens with one attached hydrogen (secondary N) is 1. The monoisotopic (exact) mass is 474 g/mol. The molecule has 0 bridgehead atoms. The van der Waals surface area contributed by atoms with Gasteiger partial charge in [-0.05, 0) is 38.9 Å². The number of halogens is 2. The highest BCUT2D eigenvalue weighted by Crippen LogP contribution is 2.32. The number of likely N-dealkylation sites (tertiary alicyclic amines) is 1. The second-order valence-corrected chi connectivity index (χ2v) is 8.24. The third kappa shape index (κ3) is 5.53. The number of benzene rings is 1. The SMILES string of the molecule is COc1cc(OC)c(F)c(COc2cnc(Nc3cnn(CC4CCN(C)CC4)c3)nc2)c1F. The molecule has 11 heteroatoms. The van der Waals surface area contributed by atoms with Gasteiger partial charge in [-0.25, -0.2) is 18.7 Å².